The molecule has 0 radical (unpaired) electrons. The molecular weight excluding hydrogens is 370 g/mol. The van der Waals surface area contributed by atoms with Crippen molar-refractivity contribution in [2.45, 2.75) is 58.0 Å². The number of rotatable bonds is 4. The van der Waals surface area contributed by atoms with Crippen molar-refractivity contribution >= 4 is 16.9 Å². The average molecular weight is 399 g/mol. The van der Waals surface area contributed by atoms with Crippen molar-refractivity contribution in [1.29, 1.82) is 0 Å². The van der Waals surface area contributed by atoms with Crippen LogP contribution in [0.3, 0.4) is 0 Å². The summed E-state index contributed by atoms with van der Waals surface area (Å²) < 4.78 is 11.2. The maximum Gasteiger partial charge on any atom is 0.336 e. The quantitative estimate of drug-likeness (QED) is 0.799. The Morgan fingerprint density at radius 1 is 1.34 bits per heavy atom. The monoisotopic (exact) mass is 399 g/mol. The van der Waals surface area contributed by atoms with Crippen molar-refractivity contribution in [3.05, 3.63) is 39.7 Å². The summed E-state index contributed by atoms with van der Waals surface area (Å²) in [6.45, 7) is 4.95. The van der Waals surface area contributed by atoms with E-state index in [-0.39, 0.29) is 24.1 Å². The molecule has 1 N–H and O–H groups in total. The first-order valence-electron chi connectivity index (χ1n) is 10.6. The molecule has 1 saturated heterocycles. The summed E-state index contributed by atoms with van der Waals surface area (Å²) in [6.07, 6.45) is 5.39. The molecule has 0 bridgehead atoms. The topological polar surface area (TPSA) is 80.0 Å². The van der Waals surface area contributed by atoms with E-state index in [4.69, 9.17) is 9.15 Å². The fourth-order valence-electron chi connectivity index (χ4n) is 4.89. The van der Waals surface area contributed by atoms with Crippen LogP contribution in [0.15, 0.2) is 27.4 Å². The fraction of sp³-hybridized carbons (Fsp3) is 0.565. The van der Waals surface area contributed by atoms with Gasteiger partial charge in [-0.25, -0.2) is 4.79 Å². The number of carbonyl (C=O) groups is 1. The normalized spacial score (nSPS) is 24.4. The lowest BCUT2D eigenvalue weighted by atomic mass is 9.71. The minimum absolute atomic E-state index is 0.0603. The van der Waals surface area contributed by atoms with Crippen molar-refractivity contribution < 1.29 is 19.1 Å². The number of fused-ring (bicyclic) bond motifs is 2. The smallest absolute Gasteiger partial charge is 0.336 e. The summed E-state index contributed by atoms with van der Waals surface area (Å²) in [6, 6.07) is 5.24. The summed E-state index contributed by atoms with van der Waals surface area (Å²) in [5, 5.41) is 11.7. The SMILES string of the molecule is CCc1cc(=O)oc2c(C)c(OCC(=O)N3CC[C@]4(O)CCCC[C@@H]4C3)ccc12. The van der Waals surface area contributed by atoms with Gasteiger partial charge in [-0.2, -0.15) is 0 Å². The summed E-state index contributed by atoms with van der Waals surface area (Å²) in [7, 11) is 0. The van der Waals surface area contributed by atoms with Crippen molar-refractivity contribution in [3.8, 4) is 5.75 Å². The van der Waals surface area contributed by atoms with E-state index >= 15 is 0 Å². The maximum atomic E-state index is 12.7. The molecule has 2 aliphatic rings. The number of likely N-dealkylation sites (tertiary alicyclic amines) is 1. The molecule has 1 saturated carbocycles. The Bertz CT molecular complexity index is 981. The zero-order chi connectivity index (χ0) is 20.6. The molecule has 2 heterocycles. The van der Waals surface area contributed by atoms with Crippen molar-refractivity contribution in [2.24, 2.45) is 5.92 Å². The number of nitrogens with zero attached hydrogens (tertiary/aromatic N) is 1. The minimum Gasteiger partial charge on any atom is -0.483 e. The summed E-state index contributed by atoms with van der Waals surface area (Å²) in [5.41, 5.74) is 1.21. The van der Waals surface area contributed by atoms with Crippen LogP contribution in [0.4, 0.5) is 0 Å². The van der Waals surface area contributed by atoms with Crippen LogP contribution in [-0.2, 0) is 11.2 Å². The molecule has 2 fully saturated rings. The van der Waals surface area contributed by atoms with Crippen LogP contribution < -0.4 is 10.4 Å². The Labute approximate surface area is 170 Å². The number of benzene rings is 1. The summed E-state index contributed by atoms with van der Waals surface area (Å²) >= 11 is 0. The van der Waals surface area contributed by atoms with Gasteiger partial charge >= 0.3 is 5.63 Å². The number of amides is 1. The predicted molar refractivity (Wildman–Crippen MR) is 110 cm³/mol. The lowest BCUT2D eigenvalue weighted by Gasteiger charge is -2.47. The lowest BCUT2D eigenvalue weighted by molar-refractivity contribution is -0.145. The first-order valence-corrected chi connectivity index (χ1v) is 10.6. The average Bonchev–Trinajstić information content (AvgIpc) is 2.72. The Hall–Kier alpha value is -2.34. The van der Waals surface area contributed by atoms with Crippen LogP contribution in [0.25, 0.3) is 11.0 Å². The largest absolute Gasteiger partial charge is 0.483 e. The van der Waals surface area contributed by atoms with Gasteiger partial charge in [-0.15, -0.1) is 0 Å². The highest BCUT2D eigenvalue weighted by molar-refractivity contribution is 5.85. The van der Waals surface area contributed by atoms with Gasteiger partial charge in [-0.3, -0.25) is 4.79 Å². The first kappa shape index (κ1) is 20.0. The van der Waals surface area contributed by atoms with E-state index in [0.717, 1.165) is 48.6 Å². The highest BCUT2D eigenvalue weighted by Crippen LogP contribution is 2.39. The van der Waals surface area contributed by atoms with Crippen molar-refractivity contribution in [3.63, 3.8) is 0 Å². The number of aryl methyl sites for hydroxylation is 2. The Kier molecular flexibility index (Phi) is 5.38. The molecule has 1 aliphatic carbocycles. The number of ether oxygens (including phenoxy) is 1. The third-order valence-electron chi connectivity index (χ3n) is 6.71. The number of hydrogen-bond acceptors (Lipinski definition) is 5. The number of hydrogen-bond donors (Lipinski definition) is 1. The van der Waals surface area contributed by atoms with Gasteiger partial charge in [0.05, 0.1) is 5.60 Å². The Balaban J connectivity index is 1.46. The summed E-state index contributed by atoms with van der Waals surface area (Å²) in [4.78, 5) is 26.4. The molecule has 2 atom stereocenters. The van der Waals surface area contributed by atoms with E-state index in [1.54, 1.807) is 0 Å². The molecule has 0 unspecified atom stereocenters. The van der Waals surface area contributed by atoms with E-state index in [0.29, 0.717) is 30.8 Å². The van der Waals surface area contributed by atoms with E-state index in [1.165, 1.54) is 6.07 Å². The van der Waals surface area contributed by atoms with E-state index in [1.807, 2.05) is 30.9 Å². The molecule has 1 aromatic carbocycles. The van der Waals surface area contributed by atoms with Gasteiger partial charge in [-0.05, 0) is 50.3 Å². The van der Waals surface area contributed by atoms with Gasteiger partial charge in [0, 0.05) is 36.0 Å². The predicted octanol–water partition coefficient (Wildman–Crippen LogP) is 3.20. The van der Waals surface area contributed by atoms with Gasteiger partial charge in [-0.1, -0.05) is 19.8 Å². The lowest BCUT2D eigenvalue weighted by Crippen LogP contribution is -2.55. The number of carbonyl (C=O) groups excluding carboxylic acids is 1. The zero-order valence-corrected chi connectivity index (χ0v) is 17.2. The van der Waals surface area contributed by atoms with Crippen LogP contribution in [0.5, 0.6) is 5.75 Å². The minimum atomic E-state index is -0.598. The van der Waals surface area contributed by atoms with Crippen molar-refractivity contribution in [1.82, 2.24) is 4.90 Å². The van der Waals surface area contributed by atoms with Crippen LogP contribution >= 0.6 is 0 Å². The van der Waals surface area contributed by atoms with Crippen LogP contribution in [-0.4, -0.2) is 41.2 Å². The van der Waals surface area contributed by atoms with Crippen LogP contribution in [0, 0.1) is 12.8 Å². The van der Waals surface area contributed by atoms with Crippen LogP contribution in [0.1, 0.15) is 50.2 Å². The van der Waals surface area contributed by atoms with Crippen molar-refractivity contribution in [2.75, 3.05) is 19.7 Å². The number of piperidine rings is 1. The van der Waals surface area contributed by atoms with Gasteiger partial charge in [0.25, 0.3) is 5.91 Å². The molecule has 1 aromatic heterocycles. The molecule has 6 heteroatoms. The van der Waals surface area contributed by atoms with Gasteiger partial charge in [0.15, 0.2) is 6.61 Å². The van der Waals surface area contributed by atoms with Gasteiger partial charge in [0.2, 0.25) is 0 Å². The summed E-state index contributed by atoms with van der Waals surface area (Å²) in [5.74, 6) is 0.646. The molecule has 29 heavy (non-hydrogen) atoms. The maximum absolute atomic E-state index is 12.7. The second-order valence-electron chi connectivity index (χ2n) is 8.43. The van der Waals surface area contributed by atoms with Gasteiger partial charge in [0.1, 0.15) is 11.3 Å². The molecular formula is C23H29NO5. The Morgan fingerprint density at radius 2 is 2.17 bits per heavy atom. The second-order valence-corrected chi connectivity index (χ2v) is 8.43. The molecule has 0 spiro atoms. The molecule has 1 amide bonds. The standard InChI is InChI=1S/C23H29NO5/c1-3-16-12-21(26)29-22-15(2)19(8-7-18(16)22)28-14-20(25)24-11-10-23(27)9-5-4-6-17(23)13-24/h7-8,12,17,27H,3-6,9-11,13-14H2,1-2H3/t17-,23-/m1/s1. The van der Waals surface area contributed by atoms with E-state index in [9.17, 15) is 14.7 Å². The third-order valence-corrected chi connectivity index (χ3v) is 6.71. The molecule has 4 rings (SSSR count). The molecule has 6 nitrogen and oxygen atoms in total. The molecule has 156 valence electrons. The Morgan fingerprint density at radius 3 is 2.97 bits per heavy atom. The third kappa shape index (κ3) is 3.78. The molecule has 2 aromatic rings. The van der Waals surface area contributed by atoms with E-state index in [2.05, 4.69) is 0 Å². The fourth-order valence-corrected chi connectivity index (χ4v) is 4.89. The first-order chi connectivity index (χ1) is 13.9. The zero-order valence-electron chi connectivity index (χ0n) is 17.2. The number of aliphatic hydroxyl groups is 1. The van der Waals surface area contributed by atoms with Crippen LogP contribution in [0.2, 0.25) is 0 Å². The van der Waals surface area contributed by atoms with Gasteiger partial charge < -0.3 is 19.2 Å². The molecule has 1 aliphatic heterocycles. The highest BCUT2D eigenvalue weighted by atomic mass is 16.5. The second kappa shape index (κ2) is 7.82. The highest BCUT2D eigenvalue weighted by Gasteiger charge is 2.43. The van der Waals surface area contributed by atoms with E-state index < -0.39 is 5.60 Å².